The fourth-order valence-corrected chi connectivity index (χ4v) is 3.83. The van der Waals surface area contributed by atoms with Crippen molar-refractivity contribution in [3.63, 3.8) is 0 Å². The Hall–Kier alpha value is -0.970. The summed E-state index contributed by atoms with van der Waals surface area (Å²) in [4.78, 5) is 17.7. The summed E-state index contributed by atoms with van der Waals surface area (Å²) >= 11 is 1.51. The first-order valence-electron chi connectivity index (χ1n) is 10.2. The van der Waals surface area contributed by atoms with Crippen LogP contribution in [0.15, 0.2) is 16.0 Å². The average molecular weight is 369 g/mol. The zero-order valence-corrected chi connectivity index (χ0v) is 16.7. The molecule has 0 aromatic carbocycles. The second kappa shape index (κ2) is 15.3. The van der Waals surface area contributed by atoms with Crippen LogP contribution in [0.25, 0.3) is 0 Å². The van der Waals surface area contributed by atoms with Gasteiger partial charge in [0, 0.05) is 5.75 Å². The molecule has 0 spiro atoms. The molecule has 0 unspecified atom stereocenters. The molecule has 144 valence electrons. The molecule has 0 amide bonds. The largest absolute Gasteiger partial charge is 0.493 e. The summed E-state index contributed by atoms with van der Waals surface area (Å²) in [5.41, 5.74) is -0.295. The molecule has 25 heavy (non-hydrogen) atoms. The minimum Gasteiger partial charge on any atom is -0.493 e. The van der Waals surface area contributed by atoms with E-state index in [1.165, 1.54) is 95.2 Å². The summed E-state index contributed by atoms with van der Waals surface area (Å²) < 4.78 is 0. The van der Waals surface area contributed by atoms with E-state index in [0.29, 0.717) is 5.16 Å². The molecule has 0 aliphatic rings. The first kappa shape index (κ1) is 22.1. The predicted molar refractivity (Wildman–Crippen MR) is 108 cm³/mol. The van der Waals surface area contributed by atoms with Gasteiger partial charge in [-0.3, -0.25) is 4.79 Å². The first-order valence-corrected chi connectivity index (χ1v) is 11.1. The summed E-state index contributed by atoms with van der Waals surface area (Å²) in [5.74, 6) is 0.733. The SMILES string of the molecule is CCCCCCCCCCCCCCCCSc1nc(O)cc(=O)[nH]1. The maximum absolute atomic E-state index is 11.2. The van der Waals surface area contributed by atoms with Crippen LogP contribution in [-0.4, -0.2) is 20.8 Å². The first-order chi connectivity index (χ1) is 12.2. The number of aromatic hydroxyl groups is 1. The lowest BCUT2D eigenvalue weighted by Gasteiger charge is -2.03. The van der Waals surface area contributed by atoms with Crippen molar-refractivity contribution in [3.8, 4) is 5.88 Å². The molecule has 1 aromatic heterocycles. The number of nitrogens with one attached hydrogen (secondary N) is 1. The number of unbranched alkanes of at least 4 members (excludes halogenated alkanes) is 13. The Morgan fingerprint density at radius 2 is 1.36 bits per heavy atom. The van der Waals surface area contributed by atoms with Crippen LogP contribution in [0.4, 0.5) is 0 Å². The van der Waals surface area contributed by atoms with E-state index in [9.17, 15) is 9.90 Å². The van der Waals surface area contributed by atoms with Gasteiger partial charge >= 0.3 is 0 Å². The third-order valence-corrected chi connectivity index (χ3v) is 5.40. The molecule has 1 heterocycles. The maximum atomic E-state index is 11.2. The smallest absolute Gasteiger partial charge is 0.255 e. The minimum atomic E-state index is -0.295. The van der Waals surface area contributed by atoms with Gasteiger partial charge in [-0.05, 0) is 6.42 Å². The molecule has 0 fully saturated rings. The van der Waals surface area contributed by atoms with E-state index in [0.717, 1.165) is 18.2 Å². The van der Waals surface area contributed by atoms with Crippen molar-refractivity contribution >= 4 is 11.8 Å². The van der Waals surface area contributed by atoms with Crippen molar-refractivity contribution in [2.24, 2.45) is 0 Å². The summed E-state index contributed by atoms with van der Waals surface area (Å²) in [6, 6.07) is 1.09. The Bertz CT molecular complexity index is 491. The van der Waals surface area contributed by atoms with Gasteiger partial charge < -0.3 is 10.1 Å². The highest BCUT2D eigenvalue weighted by Gasteiger charge is 2.00. The predicted octanol–water partition coefficient (Wildman–Crippen LogP) is 6.05. The highest BCUT2D eigenvalue weighted by molar-refractivity contribution is 7.99. The van der Waals surface area contributed by atoms with Crippen LogP contribution >= 0.6 is 11.8 Å². The van der Waals surface area contributed by atoms with Crippen LogP contribution in [0.5, 0.6) is 5.88 Å². The lowest BCUT2D eigenvalue weighted by Crippen LogP contribution is -2.06. The highest BCUT2D eigenvalue weighted by atomic mass is 32.2. The highest BCUT2D eigenvalue weighted by Crippen LogP contribution is 2.17. The number of hydrogen-bond acceptors (Lipinski definition) is 4. The van der Waals surface area contributed by atoms with Crippen LogP contribution < -0.4 is 5.56 Å². The fourth-order valence-electron chi connectivity index (χ4n) is 2.96. The van der Waals surface area contributed by atoms with Crippen molar-refractivity contribution in [1.82, 2.24) is 9.97 Å². The molecule has 1 aromatic rings. The summed E-state index contributed by atoms with van der Waals surface area (Å²) in [6.45, 7) is 2.27. The van der Waals surface area contributed by atoms with Crippen LogP contribution in [0.2, 0.25) is 0 Å². The third-order valence-electron chi connectivity index (χ3n) is 4.44. The van der Waals surface area contributed by atoms with Crippen molar-refractivity contribution in [2.75, 3.05) is 5.75 Å². The lowest BCUT2D eigenvalue weighted by molar-refractivity contribution is 0.444. The molecule has 2 N–H and O–H groups in total. The summed E-state index contributed by atoms with van der Waals surface area (Å²) in [6.07, 6.45) is 19.0. The van der Waals surface area contributed by atoms with Gasteiger partial charge in [0.2, 0.25) is 5.88 Å². The second-order valence-electron chi connectivity index (χ2n) is 6.85. The van der Waals surface area contributed by atoms with Gasteiger partial charge in [0.05, 0.1) is 6.07 Å². The van der Waals surface area contributed by atoms with E-state index in [2.05, 4.69) is 16.9 Å². The van der Waals surface area contributed by atoms with Gasteiger partial charge in [-0.15, -0.1) is 0 Å². The van der Waals surface area contributed by atoms with E-state index in [1.807, 2.05) is 0 Å². The second-order valence-corrected chi connectivity index (χ2v) is 7.94. The van der Waals surface area contributed by atoms with Crippen molar-refractivity contribution in [2.45, 2.75) is 102 Å². The zero-order valence-electron chi connectivity index (χ0n) is 15.9. The monoisotopic (exact) mass is 368 g/mol. The third kappa shape index (κ3) is 13.0. The molecule has 0 atom stereocenters. The molecule has 0 radical (unpaired) electrons. The fraction of sp³-hybridized carbons (Fsp3) is 0.800. The molecular formula is C20H36N2O2S. The average Bonchev–Trinajstić information content (AvgIpc) is 2.57. The van der Waals surface area contributed by atoms with Crippen molar-refractivity contribution in [3.05, 3.63) is 16.4 Å². The van der Waals surface area contributed by atoms with Crippen molar-refractivity contribution < 1.29 is 5.11 Å². The molecular weight excluding hydrogens is 332 g/mol. The zero-order chi connectivity index (χ0) is 18.2. The number of nitrogens with zero attached hydrogens (tertiary/aromatic N) is 1. The summed E-state index contributed by atoms with van der Waals surface area (Å²) in [5, 5.41) is 9.79. The van der Waals surface area contributed by atoms with Crippen LogP contribution in [0.3, 0.4) is 0 Å². The van der Waals surface area contributed by atoms with E-state index in [1.54, 1.807) is 0 Å². The molecule has 0 aliphatic carbocycles. The number of H-pyrrole nitrogens is 1. The van der Waals surface area contributed by atoms with Gasteiger partial charge in [0.25, 0.3) is 5.56 Å². The number of aromatic amines is 1. The Morgan fingerprint density at radius 1 is 0.880 bits per heavy atom. The van der Waals surface area contributed by atoms with Crippen LogP contribution in [-0.2, 0) is 0 Å². The Kier molecular flexibility index (Phi) is 13.5. The van der Waals surface area contributed by atoms with Gasteiger partial charge in [-0.25, -0.2) is 0 Å². The Morgan fingerprint density at radius 3 is 1.84 bits per heavy atom. The summed E-state index contributed by atoms with van der Waals surface area (Å²) in [7, 11) is 0. The Balaban J connectivity index is 1.82. The molecule has 1 rings (SSSR count). The molecule has 0 saturated heterocycles. The van der Waals surface area contributed by atoms with Crippen LogP contribution in [0, 0.1) is 0 Å². The molecule has 4 nitrogen and oxygen atoms in total. The van der Waals surface area contributed by atoms with E-state index >= 15 is 0 Å². The van der Waals surface area contributed by atoms with E-state index in [-0.39, 0.29) is 11.4 Å². The van der Waals surface area contributed by atoms with Gasteiger partial charge in [0.15, 0.2) is 5.16 Å². The molecule has 5 heteroatoms. The topological polar surface area (TPSA) is 66.0 Å². The van der Waals surface area contributed by atoms with Crippen LogP contribution in [0.1, 0.15) is 96.8 Å². The standard InChI is InChI=1S/C20H36N2O2S/c1-2-3-4-5-6-7-8-9-10-11-12-13-14-15-16-25-20-21-18(23)17-19(24)22-20/h17H,2-16H2,1H3,(H2,21,22,23,24). The molecule has 0 aliphatic heterocycles. The number of aromatic nitrogens is 2. The number of thioether (sulfide) groups is 1. The molecule has 0 bridgehead atoms. The number of rotatable bonds is 16. The minimum absolute atomic E-state index is 0.202. The van der Waals surface area contributed by atoms with Gasteiger partial charge in [0.1, 0.15) is 0 Å². The molecule has 0 saturated carbocycles. The Labute approximate surface area is 157 Å². The van der Waals surface area contributed by atoms with Gasteiger partial charge in [-0.1, -0.05) is 102 Å². The number of hydrogen-bond donors (Lipinski definition) is 2. The maximum Gasteiger partial charge on any atom is 0.255 e. The van der Waals surface area contributed by atoms with Crippen molar-refractivity contribution in [1.29, 1.82) is 0 Å². The van der Waals surface area contributed by atoms with Gasteiger partial charge in [-0.2, -0.15) is 4.98 Å². The quantitative estimate of drug-likeness (QED) is 0.212. The normalized spacial score (nSPS) is 11.1. The van der Waals surface area contributed by atoms with E-state index < -0.39 is 0 Å². The van der Waals surface area contributed by atoms with E-state index in [4.69, 9.17) is 0 Å². The lowest BCUT2D eigenvalue weighted by atomic mass is 10.0.